The lowest BCUT2D eigenvalue weighted by atomic mass is 9.94. The predicted molar refractivity (Wildman–Crippen MR) is 114 cm³/mol. The van der Waals surface area contributed by atoms with Gasteiger partial charge in [-0.25, -0.2) is 4.79 Å². The molecule has 25 heavy (non-hydrogen) atoms. The number of halogens is 2. The molecule has 0 aliphatic rings. The van der Waals surface area contributed by atoms with Gasteiger partial charge in [0.1, 0.15) is 5.75 Å². The van der Waals surface area contributed by atoms with Gasteiger partial charge in [-0.2, -0.15) is 0 Å². The number of hydrogen-bond acceptors (Lipinski definition) is 2. The lowest BCUT2D eigenvalue weighted by Crippen LogP contribution is -2.06. The van der Waals surface area contributed by atoms with E-state index in [-0.39, 0.29) is 0 Å². The summed E-state index contributed by atoms with van der Waals surface area (Å²) in [6.07, 6.45) is 12.6. The van der Waals surface area contributed by atoms with Crippen LogP contribution in [0.3, 0.4) is 0 Å². The first-order valence-corrected chi connectivity index (χ1v) is 11.1. The van der Waals surface area contributed by atoms with E-state index in [9.17, 15) is 4.79 Å². The van der Waals surface area contributed by atoms with Crippen molar-refractivity contribution in [1.82, 2.24) is 0 Å². The van der Waals surface area contributed by atoms with Gasteiger partial charge in [-0.1, -0.05) is 109 Å². The summed E-state index contributed by atoms with van der Waals surface area (Å²) in [6, 6.07) is 7.81. The summed E-state index contributed by atoms with van der Waals surface area (Å²) in [6.45, 7) is 5.66. The average Bonchev–Trinajstić information content (AvgIpc) is 2.60. The molecule has 0 spiro atoms. The molecule has 1 unspecified atom stereocenters. The van der Waals surface area contributed by atoms with E-state index in [0.29, 0.717) is 15.4 Å². The standard InChI is InChI=1S/C21H30Br2O2/c1-3-21(24)25-19-15-12-11-14-18(19)17(2)13-9-7-5-4-6-8-10-16-20(22)23/h3,11-12,14-15,17,20H,1,4-10,13,16H2,2H3. The van der Waals surface area contributed by atoms with Gasteiger partial charge in [0.15, 0.2) is 0 Å². The Balaban J connectivity index is 2.23. The van der Waals surface area contributed by atoms with Crippen molar-refractivity contribution < 1.29 is 9.53 Å². The third-order valence-corrected chi connectivity index (χ3v) is 5.30. The first kappa shape index (κ1) is 22.4. The van der Waals surface area contributed by atoms with Gasteiger partial charge in [0, 0.05) is 6.08 Å². The first-order chi connectivity index (χ1) is 12.0. The highest BCUT2D eigenvalue weighted by atomic mass is 79.9. The van der Waals surface area contributed by atoms with E-state index in [1.165, 1.54) is 57.4 Å². The van der Waals surface area contributed by atoms with E-state index in [4.69, 9.17) is 4.74 Å². The smallest absolute Gasteiger partial charge is 0.335 e. The van der Waals surface area contributed by atoms with Crippen molar-refractivity contribution >= 4 is 37.8 Å². The molecule has 0 N–H and O–H groups in total. The van der Waals surface area contributed by atoms with Crippen LogP contribution >= 0.6 is 31.9 Å². The molecule has 0 heterocycles. The van der Waals surface area contributed by atoms with E-state index in [1.807, 2.05) is 18.2 Å². The number of unbranched alkanes of at least 4 members (excludes halogenated alkanes) is 6. The molecular weight excluding hydrogens is 444 g/mol. The van der Waals surface area contributed by atoms with Crippen molar-refractivity contribution in [2.45, 2.75) is 74.4 Å². The van der Waals surface area contributed by atoms with Crippen LogP contribution in [0.25, 0.3) is 0 Å². The van der Waals surface area contributed by atoms with Crippen LogP contribution in [0.5, 0.6) is 5.75 Å². The highest BCUT2D eigenvalue weighted by Crippen LogP contribution is 2.30. The molecule has 0 radical (unpaired) electrons. The molecule has 140 valence electrons. The van der Waals surface area contributed by atoms with Gasteiger partial charge in [-0.3, -0.25) is 0 Å². The van der Waals surface area contributed by atoms with Gasteiger partial charge in [-0.05, 0) is 30.4 Å². The quantitative estimate of drug-likeness (QED) is 0.0973. The van der Waals surface area contributed by atoms with E-state index >= 15 is 0 Å². The molecule has 0 fully saturated rings. The molecule has 1 rings (SSSR count). The number of ether oxygens (including phenoxy) is 1. The maximum absolute atomic E-state index is 11.5. The van der Waals surface area contributed by atoms with Crippen molar-refractivity contribution in [1.29, 1.82) is 0 Å². The van der Waals surface area contributed by atoms with Gasteiger partial charge >= 0.3 is 5.97 Å². The van der Waals surface area contributed by atoms with Crippen LogP contribution < -0.4 is 4.74 Å². The number of esters is 1. The molecule has 2 nitrogen and oxygen atoms in total. The first-order valence-electron chi connectivity index (χ1n) is 9.26. The van der Waals surface area contributed by atoms with Crippen molar-refractivity contribution in [2.24, 2.45) is 0 Å². The fourth-order valence-electron chi connectivity index (χ4n) is 2.92. The summed E-state index contributed by atoms with van der Waals surface area (Å²) >= 11 is 7.03. The van der Waals surface area contributed by atoms with Crippen LogP contribution in [0.2, 0.25) is 0 Å². The molecular formula is C21H30Br2O2. The number of para-hydroxylation sites is 1. The Kier molecular flexibility index (Phi) is 12.2. The molecule has 1 aromatic rings. The minimum Gasteiger partial charge on any atom is -0.423 e. The normalized spacial score (nSPS) is 12.2. The Bertz CT molecular complexity index is 514. The molecule has 0 amide bonds. The maximum atomic E-state index is 11.5. The van der Waals surface area contributed by atoms with Gasteiger partial charge in [0.05, 0.1) is 3.74 Å². The monoisotopic (exact) mass is 472 g/mol. The molecule has 0 aliphatic carbocycles. The molecule has 0 aromatic heterocycles. The summed E-state index contributed by atoms with van der Waals surface area (Å²) in [4.78, 5) is 11.5. The molecule has 0 saturated heterocycles. The van der Waals surface area contributed by atoms with Gasteiger partial charge < -0.3 is 4.74 Å². The second kappa shape index (κ2) is 13.6. The Morgan fingerprint density at radius 1 is 1.04 bits per heavy atom. The number of rotatable bonds is 13. The summed E-state index contributed by atoms with van der Waals surface area (Å²) in [5, 5.41) is 0. The Morgan fingerprint density at radius 2 is 1.60 bits per heavy atom. The third-order valence-electron chi connectivity index (χ3n) is 4.39. The minimum absolute atomic E-state index is 0.392. The second-order valence-electron chi connectivity index (χ2n) is 6.51. The van der Waals surface area contributed by atoms with Gasteiger partial charge in [-0.15, -0.1) is 0 Å². The number of alkyl halides is 2. The van der Waals surface area contributed by atoms with Gasteiger partial charge in [0.2, 0.25) is 0 Å². The fourth-order valence-corrected chi connectivity index (χ4v) is 3.57. The minimum atomic E-state index is -0.397. The predicted octanol–water partition coefficient (Wildman–Crippen LogP) is 7.51. The fraction of sp³-hybridized carbons (Fsp3) is 0.571. The number of hydrogen-bond donors (Lipinski definition) is 0. The van der Waals surface area contributed by atoms with Gasteiger partial charge in [0.25, 0.3) is 0 Å². The largest absolute Gasteiger partial charge is 0.423 e. The highest BCUT2D eigenvalue weighted by molar-refractivity contribution is 9.24. The van der Waals surface area contributed by atoms with E-state index < -0.39 is 5.97 Å². The molecule has 0 bridgehead atoms. The summed E-state index contributed by atoms with van der Waals surface area (Å²) in [5.74, 6) is 0.659. The highest BCUT2D eigenvalue weighted by Gasteiger charge is 2.12. The summed E-state index contributed by atoms with van der Waals surface area (Å²) in [7, 11) is 0. The zero-order chi connectivity index (χ0) is 18.5. The Morgan fingerprint density at radius 3 is 2.20 bits per heavy atom. The van der Waals surface area contributed by atoms with E-state index in [0.717, 1.165) is 12.0 Å². The Hall–Kier alpha value is -0.610. The summed E-state index contributed by atoms with van der Waals surface area (Å²) < 4.78 is 5.82. The van der Waals surface area contributed by atoms with Crippen molar-refractivity contribution in [3.8, 4) is 5.75 Å². The van der Waals surface area contributed by atoms with Crippen molar-refractivity contribution in [3.63, 3.8) is 0 Å². The lowest BCUT2D eigenvalue weighted by Gasteiger charge is -2.15. The van der Waals surface area contributed by atoms with Crippen LogP contribution in [0.15, 0.2) is 36.9 Å². The molecule has 1 aromatic carbocycles. The van der Waals surface area contributed by atoms with Crippen molar-refractivity contribution in [2.75, 3.05) is 0 Å². The van der Waals surface area contributed by atoms with E-state index in [1.54, 1.807) is 0 Å². The van der Waals surface area contributed by atoms with Crippen LogP contribution in [0.4, 0.5) is 0 Å². The zero-order valence-corrected chi connectivity index (χ0v) is 18.4. The Labute approximate surface area is 169 Å². The third kappa shape index (κ3) is 10.2. The molecule has 4 heteroatoms. The summed E-state index contributed by atoms with van der Waals surface area (Å²) in [5.41, 5.74) is 1.11. The van der Waals surface area contributed by atoms with Crippen molar-refractivity contribution in [3.05, 3.63) is 42.5 Å². The number of carbonyl (C=O) groups is 1. The zero-order valence-electron chi connectivity index (χ0n) is 15.2. The van der Waals surface area contributed by atoms with Crippen LogP contribution in [0, 0.1) is 0 Å². The maximum Gasteiger partial charge on any atom is 0.335 e. The average molecular weight is 474 g/mol. The molecule has 0 saturated carbocycles. The topological polar surface area (TPSA) is 26.3 Å². The SMILES string of the molecule is C=CC(=O)Oc1ccccc1C(C)CCCCCCCCCC(Br)Br. The number of carbonyl (C=O) groups excluding carboxylic acids is 1. The second-order valence-corrected chi connectivity index (χ2v) is 9.95. The number of benzene rings is 1. The van der Waals surface area contributed by atoms with Crippen LogP contribution in [-0.4, -0.2) is 9.71 Å². The van der Waals surface area contributed by atoms with Crippen LogP contribution in [0.1, 0.15) is 76.2 Å². The van der Waals surface area contributed by atoms with E-state index in [2.05, 4.69) is 51.4 Å². The lowest BCUT2D eigenvalue weighted by molar-refractivity contribution is -0.129. The molecule has 0 aliphatic heterocycles. The molecule has 1 atom stereocenters. The van der Waals surface area contributed by atoms with Crippen LogP contribution in [-0.2, 0) is 4.79 Å².